The summed E-state index contributed by atoms with van der Waals surface area (Å²) in [5.41, 5.74) is 0. The Kier molecular flexibility index (Phi) is 5.37. The van der Waals surface area contributed by atoms with Gasteiger partial charge in [-0.2, -0.15) is 0 Å². The number of ether oxygens (including phenoxy) is 1. The van der Waals surface area contributed by atoms with E-state index in [1.54, 1.807) is 4.90 Å². The molecule has 0 spiro atoms. The summed E-state index contributed by atoms with van der Waals surface area (Å²) in [5.74, 6) is -0.150. The maximum absolute atomic E-state index is 12.7. The van der Waals surface area contributed by atoms with Gasteiger partial charge in [0.15, 0.2) is 0 Å². The van der Waals surface area contributed by atoms with Crippen LogP contribution in [0.4, 0.5) is 0 Å². The Labute approximate surface area is 120 Å². The smallest absolute Gasteiger partial charge is 0.242 e. The van der Waals surface area contributed by atoms with E-state index in [-0.39, 0.29) is 29.8 Å². The second kappa shape index (κ2) is 7.04. The topological polar surface area (TPSA) is 70.7 Å². The summed E-state index contributed by atoms with van der Waals surface area (Å²) in [4.78, 5) is 26.3. The minimum absolute atomic E-state index is 0.0379. The number of nitrogens with zero attached hydrogens (tertiary/aromatic N) is 1. The minimum Gasteiger partial charge on any atom is -0.379 e. The highest BCUT2D eigenvalue weighted by molar-refractivity contribution is 5.90. The summed E-state index contributed by atoms with van der Waals surface area (Å²) in [6, 6.07) is -0.256. The summed E-state index contributed by atoms with van der Waals surface area (Å²) in [6.07, 6.45) is 1.68. The SMILES string of the molecule is CCCNC1COCC1C(=O)N1CCNC(=O)C1CC. The summed E-state index contributed by atoms with van der Waals surface area (Å²) >= 11 is 0. The number of carbonyl (C=O) groups is 2. The van der Waals surface area contributed by atoms with Gasteiger partial charge in [-0.1, -0.05) is 13.8 Å². The van der Waals surface area contributed by atoms with Gasteiger partial charge in [-0.25, -0.2) is 0 Å². The van der Waals surface area contributed by atoms with Gasteiger partial charge in [0.1, 0.15) is 6.04 Å². The zero-order valence-electron chi connectivity index (χ0n) is 12.4. The Morgan fingerprint density at radius 3 is 2.95 bits per heavy atom. The fourth-order valence-corrected chi connectivity index (χ4v) is 2.93. The fraction of sp³-hybridized carbons (Fsp3) is 0.857. The number of nitrogens with one attached hydrogen (secondary N) is 2. The van der Waals surface area contributed by atoms with Gasteiger partial charge in [0.25, 0.3) is 0 Å². The van der Waals surface area contributed by atoms with Gasteiger partial charge in [0.2, 0.25) is 11.8 Å². The molecule has 0 aromatic carbocycles. The first-order chi connectivity index (χ1) is 9.69. The lowest BCUT2D eigenvalue weighted by atomic mass is 9.99. The van der Waals surface area contributed by atoms with Crippen molar-refractivity contribution in [2.45, 2.75) is 38.8 Å². The normalized spacial score (nSPS) is 30.4. The molecule has 2 fully saturated rings. The molecule has 2 rings (SSSR count). The number of piperazine rings is 1. The van der Waals surface area contributed by atoms with E-state index in [0.29, 0.717) is 32.7 Å². The molecule has 0 bridgehead atoms. The van der Waals surface area contributed by atoms with Crippen molar-refractivity contribution in [1.29, 1.82) is 0 Å². The van der Waals surface area contributed by atoms with Gasteiger partial charge >= 0.3 is 0 Å². The van der Waals surface area contributed by atoms with E-state index in [0.717, 1.165) is 13.0 Å². The van der Waals surface area contributed by atoms with Crippen molar-refractivity contribution in [1.82, 2.24) is 15.5 Å². The van der Waals surface area contributed by atoms with Gasteiger partial charge in [-0.15, -0.1) is 0 Å². The lowest BCUT2D eigenvalue weighted by Crippen LogP contribution is -2.59. The number of carbonyl (C=O) groups excluding carboxylic acids is 2. The standard InChI is InChI=1S/C14H25N3O3/c1-3-5-15-11-9-20-8-10(11)14(19)17-7-6-16-13(18)12(17)4-2/h10-12,15H,3-9H2,1-2H3,(H,16,18). The van der Waals surface area contributed by atoms with Crippen molar-refractivity contribution in [2.24, 2.45) is 5.92 Å². The predicted molar refractivity (Wildman–Crippen MR) is 75.2 cm³/mol. The number of amides is 2. The van der Waals surface area contributed by atoms with Crippen molar-refractivity contribution >= 4 is 11.8 Å². The number of rotatable bonds is 5. The zero-order chi connectivity index (χ0) is 14.5. The van der Waals surface area contributed by atoms with Crippen LogP contribution in [0.15, 0.2) is 0 Å². The molecule has 0 aliphatic carbocycles. The van der Waals surface area contributed by atoms with E-state index < -0.39 is 0 Å². The number of hydrogen-bond acceptors (Lipinski definition) is 4. The molecule has 2 aliphatic rings. The molecule has 2 saturated heterocycles. The molecule has 0 aromatic heterocycles. The van der Waals surface area contributed by atoms with E-state index in [9.17, 15) is 9.59 Å². The molecule has 6 heteroatoms. The number of hydrogen-bond donors (Lipinski definition) is 2. The van der Waals surface area contributed by atoms with E-state index >= 15 is 0 Å². The molecule has 20 heavy (non-hydrogen) atoms. The zero-order valence-corrected chi connectivity index (χ0v) is 12.4. The Bertz CT molecular complexity index is 362. The summed E-state index contributed by atoms with van der Waals surface area (Å²) in [5, 5.41) is 6.20. The van der Waals surface area contributed by atoms with E-state index in [2.05, 4.69) is 17.6 Å². The Balaban J connectivity index is 2.03. The highest BCUT2D eigenvalue weighted by Crippen LogP contribution is 2.20. The molecule has 3 atom stereocenters. The van der Waals surface area contributed by atoms with Crippen LogP contribution in [0.1, 0.15) is 26.7 Å². The second-order valence-corrected chi connectivity index (χ2v) is 5.45. The van der Waals surface area contributed by atoms with Crippen LogP contribution < -0.4 is 10.6 Å². The highest BCUT2D eigenvalue weighted by atomic mass is 16.5. The second-order valence-electron chi connectivity index (χ2n) is 5.45. The van der Waals surface area contributed by atoms with Gasteiger partial charge in [0.05, 0.1) is 19.1 Å². The van der Waals surface area contributed by atoms with Crippen molar-refractivity contribution in [2.75, 3.05) is 32.8 Å². The maximum Gasteiger partial charge on any atom is 0.242 e. The molecule has 0 aromatic rings. The van der Waals surface area contributed by atoms with Crippen LogP contribution in [-0.2, 0) is 14.3 Å². The average Bonchev–Trinajstić information content (AvgIpc) is 2.92. The minimum atomic E-state index is -0.330. The molecule has 2 aliphatic heterocycles. The van der Waals surface area contributed by atoms with Gasteiger partial charge < -0.3 is 20.3 Å². The Hall–Kier alpha value is -1.14. The van der Waals surface area contributed by atoms with E-state index in [1.807, 2.05) is 6.92 Å². The molecule has 2 N–H and O–H groups in total. The average molecular weight is 283 g/mol. The maximum atomic E-state index is 12.7. The lowest BCUT2D eigenvalue weighted by Gasteiger charge is -2.36. The molecular weight excluding hydrogens is 258 g/mol. The first kappa shape index (κ1) is 15.3. The monoisotopic (exact) mass is 283 g/mol. The first-order valence-corrected chi connectivity index (χ1v) is 7.58. The van der Waals surface area contributed by atoms with Crippen LogP contribution in [-0.4, -0.2) is 61.6 Å². The predicted octanol–water partition coefficient (Wildman–Crippen LogP) is -0.262. The quantitative estimate of drug-likeness (QED) is 0.729. The summed E-state index contributed by atoms with van der Waals surface area (Å²) in [6.45, 7) is 7.09. The highest BCUT2D eigenvalue weighted by Gasteiger charge is 2.40. The van der Waals surface area contributed by atoms with E-state index in [1.165, 1.54) is 0 Å². The molecule has 2 amide bonds. The molecule has 6 nitrogen and oxygen atoms in total. The molecular formula is C14H25N3O3. The first-order valence-electron chi connectivity index (χ1n) is 7.58. The molecule has 0 saturated carbocycles. The lowest BCUT2D eigenvalue weighted by molar-refractivity contribution is -0.146. The molecule has 2 heterocycles. The van der Waals surface area contributed by atoms with Crippen LogP contribution in [0.5, 0.6) is 0 Å². The third kappa shape index (κ3) is 3.12. The van der Waals surface area contributed by atoms with Gasteiger partial charge in [-0.05, 0) is 19.4 Å². The van der Waals surface area contributed by atoms with E-state index in [4.69, 9.17) is 4.74 Å². The van der Waals surface area contributed by atoms with Crippen molar-refractivity contribution in [3.05, 3.63) is 0 Å². The van der Waals surface area contributed by atoms with Crippen molar-refractivity contribution < 1.29 is 14.3 Å². The van der Waals surface area contributed by atoms with Crippen LogP contribution in [0.2, 0.25) is 0 Å². The summed E-state index contributed by atoms with van der Waals surface area (Å²) in [7, 11) is 0. The van der Waals surface area contributed by atoms with Crippen molar-refractivity contribution in [3.63, 3.8) is 0 Å². The Morgan fingerprint density at radius 1 is 1.45 bits per heavy atom. The molecule has 3 unspecified atom stereocenters. The third-order valence-electron chi connectivity index (χ3n) is 4.05. The van der Waals surface area contributed by atoms with Crippen LogP contribution in [0.25, 0.3) is 0 Å². The van der Waals surface area contributed by atoms with Crippen LogP contribution in [0, 0.1) is 5.92 Å². The molecule has 114 valence electrons. The summed E-state index contributed by atoms with van der Waals surface area (Å²) < 4.78 is 5.46. The van der Waals surface area contributed by atoms with Gasteiger partial charge in [0, 0.05) is 19.1 Å². The van der Waals surface area contributed by atoms with Gasteiger partial charge in [-0.3, -0.25) is 9.59 Å². The fourth-order valence-electron chi connectivity index (χ4n) is 2.93. The molecule has 0 radical (unpaired) electrons. The Morgan fingerprint density at radius 2 is 2.25 bits per heavy atom. The van der Waals surface area contributed by atoms with Crippen LogP contribution >= 0.6 is 0 Å². The van der Waals surface area contributed by atoms with Crippen molar-refractivity contribution in [3.8, 4) is 0 Å². The third-order valence-corrected chi connectivity index (χ3v) is 4.05. The van der Waals surface area contributed by atoms with Crippen LogP contribution in [0.3, 0.4) is 0 Å². The largest absolute Gasteiger partial charge is 0.379 e.